The van der Waals surface area contributed by atoms with Crippen LogP contribution >= 0.6 is 0 Å². The van der Waals surface area contributed by atoms with Gasteiger partial charge < -0.3 is 5.73 Å². The lowest BCUT2D eigenvalue weighted by molar-refractivity contribution is 1.13. The van der Waals surface area contributed by atoms with Crippen molar-refractivity contribution in [2.24, 2.45) is 0 Å². The third kappa shape index (κ3) is 1.78. The highest BCUT2D eigenvalue weighted by molar-refractivity contribution is 5.75. The number of nitrogens with two attached hydrogens (primary N) is 1. The molecule has 3 nitrogen and oxygen atoms in total. The van der Waals surface area contributed by atoms with Gasteiger partial charge in [0.05, 0.1) is 0 Å². The van der Waals surface area contributed by atoms with Crippen molar-refractivity contribution in [2.75, 3.05) is 5.73 Å². The average Bonchev–Trinajstić information content (AvgIpc) is 3.25. The molecule has 3 heteroatoms. The Bertz CT molecular complexity index is 797. The van der Waals surface area contributed by atoms with Gasteiger partial charge >= 0.3 is 0 Å². The number of imidazole rings is 1. The van der Waals surface area contributed by atoms with Gasteiger partial charge in [0.2, 0.25) is 0 Å². The molecule has 1 aliphatic carbocycles. The first-order valence-corrected chi connectivity index (χ1v) is 7.07. The Kier molecular flexibility index (Phi) is 2.36. The number of anilines is 1. The Morgan fingerprint density at radius 3 is 2.85 bits per heavy atom. The molecule has 0 aliphatic heterocycles. The first-order chi connectivity index (χ1) is 9.72. The summed E-state index contributed by atoms with van der Waals surface area (Å²) in [6.45, 7) is 2.07. The summed E-state index contributed by atoms with van der Waals surface area (Å²) in [4.78, 5) is 4.70. The fraction of sp³-hybridized carbons (Fsp3) is 0.235. The Labute approximate surface area is 118 Å². The smallest absolute Gasteiger partial charge is 0.139 e. The van der Waals surface area contributed by atoms with Crippen LogP contribution in [-0.2, 0) is 0 Å². The van der Waals surface area contributed by atoms with Crippen molar-refractivity contribution in [3.05, 3.63) is 53.7 Å². The molecule has 100 valence electrons. The van der Waals surface area contributed by atoms with Crippen LogP contribution in [0.25, 0.3) is 16.9 Å². The summed E-state index contributed by atoms with van der Waals surface area (Å²) in [5.74, 6) is 1.46. The molecule has 2 heterocycles. The molecule has 4 rings (SSSR count). The second-order valence-corrected chi connectivity index (χ2v) is 5.68. The minimum atomic E-state index is 0.716. The van der Waals surface area contributed by atoms with Crippen LogP contribution in [0.4, 0.5) is 5.82 Å². The van der Waals surface area contributed by atoms with Crippen LogP contribution in [0, 0.1) is 6.92 Å². The molecule has 0 unspecified atom stereocenters. The van der Waals surface area contributed by atoms with E-state index in [9.17, 15) is 0 Å². The number of benzene rings is 1. The summed E-state index contributed by atoms with van der Waals surface area (Å²) < 4.78 is 1.95. The highest BCUT2D eigenvalue weighted by Crippen LogP contribution is 2.41. The highest BCUT2D eigenvalue weighted by Gasteiger charge is 2.24. The molecular weight excluding hydrogens is 246 g/mol. The molecule has 0 radical (unpaired) electrons. The van der Waals surface area contributed by atoms with E-state index < -0.39 is 0 Å². The molecule has 20 heavy (non-hydrogen) atoms. The Morgan fingerprint density at radius 2 is 2.05 bits per heavy atom. The maximum atomic E-state index is 6.26. The van der Waals surface area contributed by atoms with E-state index in [1.165, 1.54) is 24.0 Å². The van der Waals surface area contributed by atoms with Gasteiger partial charge in [-0.15, -0.1) is 0 Å². The molecule has 1 saturated carbocycles. The zero-order chi connectivity index (χ0) is 13.7. The van der Waals surface area contributed by atoms with Crippen molar-refractivity contribution in [2.45, 2.75) is 25.7 Å². The molecule has 1 aliphatic rings. The van der Waals surface area contributed by atoms with Crippen molar-refractivity contribution >= 4 is 11.5 Å². The lowest BCUT2D eigenvalue weighted by atomic mass is 10.1. The number of aryl methyl sites for hydroxylation is 1. The summed E-state index contributed by atoms with van der Waals surface area (Å²) >= 11 is 0. The monoisotopic (exact) mass is 263 g/mol. The molecule has 0 atom stereocenters. The van der Waals surface area contributed by atoms with Crippen molar-refractivity contribution in [1.82, 2.24) is 9.38 Å². The van der Waals surface area contributed by atoms with E-state index >= 15 is 0 Å². The topological polar surface area (TPSA) is 43.3 Å². The van der Waals surface area contributed by atoms with Crippen LogP contribution in [0.5, 0.6) is 0 Å². The van der Waals surface area contributed by atoms with Gasteiger partial charge in [-0.25, -0.2) is 4.98 Å². The predicted molar refractivity (Wildman–Crippen MR) is 81.8 cm³/mol. The SMILES string of the molecule is Cc1ccn2c(N)c(-c3cccc(C4CC4)c3)nc2c1. The quantitative estimate of drug-likeness (QED) is 0.764. The number of nitrogens with zero attached hydrogens (tertiary/aromatic N) is 2. The molecule has 2 N–H and O–H groups in total. The number of hydrogen-bond acceptors (Lipinski definition) is 2. The summed E-state index contributed by atoms with van der Waals surface area (Å²) in [5, 5.41) is 0. The second-order valence-electron chi connectivity index (χ2n) is 5.68. The third-order valence-corrected chi connectivity index (χ3v) is 4.03. The van der Waals surface area contributed by atoms with E-state index in [1.807, 2.05) is 10.6 Å². The number of aromatic nitrogens is 2. The van der Waals surface area contributed by atoms with E-state index in [0.29, 0.717) is 5.82 Å². The molecular formula is C17H17N3. The van der Waals surface area contributed by atoms with E-state index in [1.54, 1.807) is 0 Å². The number of rotatable bonds is 2. The molecule has 0 amide bonds. The fourth-order valence-electron chi connectivity index (χ4n) is 2.73. The Hall–Kier alpha value is -2.29. The summed E-state index contributed by atoms with van der Waals surface area (Å²) in [5.41, 5.74) is 11.8. The molecule has 3 aromatic rings. The normalized spacial score (nSPS) is 14.8. The number of fused-ring (bicyclic) bond motifs is 1. The van der Waals surface area contributed by atoms with Crippen LogP contribution in [0.15, 0.2) is 42.6 Å². The lowest BCUT2D eigenvalue weighted by Gasteiger charge is -2.03. The molecule has 2 aromatic heterocycles. The summed E-state index contributed by atoms with van der Waals surface area (Å²) in [6.07, 6.45) is 4.60. The zero-order valence-electron chi connectivity index (χ0n) is 11.5. The van der Waals surface area contributed by atoms with Crippen molar-refractivity contribution in [1.29, 1.82) is 0 Å². The molecule has 0 saturated heterocycles. The van der Waals surface area contributed by atoms with Gasteiger partial charge in [-0.1, -0.05) is 18.2 Å². The first-order valence-electron chi connectivity index (χ1n) is 7.07. The first kappa shape index (κ1) is 11.5. The van der Waals surface area contributed by atoms with Crippen molar-refractivity contribution in [3.8, 4) is 11.3 Å². The van der Waals surface area contributed by atoms with Gasteiger partial charge in [-0.2, -0.15) is 0 Å². The minimum Gasteiger partial charge on any atom is -0.383 e. The largest absolute Gasteiger partial charge is 0.383 e. The fourth-order valence-corrected chi connectivity index (χ4v) is 2.73. The number of nitrogen functional groups attached to an aromatic ring is 1. The maximum absolute atomic E-state index is 6.26. The summed E-state index contributed by atoms with van der Waals surface area (Å²) in [6, 6.07) is 12.8. The van der Waals surface area contributed by atoms with Crippen LogP contribution in [0.2, 0.25) is 0 Å². The minimum absolute atomic E-state index is 0.716. The van der Waals surface area contributed by atoms with E-state index in [0.717, 1.165) is 22.8 Å². The second kappa shape index (κ2) is 4.10. The molecule has 1 aromatic carbocycles. The van der Waals surface area contributed by atoms with Crippen LogP contribution in [0.3, 0.4) is 0 Å². The van der Waals surface area contributed by atoms with Gasteiger partial charge in [0, 0.05) is 11.8 Å². The Morgan fingerprint density at radius 1 is 1.20 bits per heavy atom. The van der Waals surface area contributed by atoms with Crippen LogP contribution < -0.4 is 5.73 Å². The Balaban J connectivity index is 1.88. The van der Waals surface area contributed by atoms with E-state index in [-0.39, 0.29) is 0 Å². The van der Waals surface area contributed by atoms with Gasteiger partial charge in [-0.05, 0) is 55.0 Å². The zero-order valence-corrected chi connectivity index (χ0v) is 11.5. The molecule has 1 fully saturated rings. The average molecular weight is 263 g/mol. The van der Waals surface area contributed by atoms with Crippen LogP contribution in [0.1, 0.15) is 29.9 Å². The molecule has 0 spiro atoms. The number of pyridine rings is 1. The standard InChI is InChI=1S/C17H17N3/c1-11-7-8-20-15(9-11)19-16(17(20)18)14-4-2-3-13(10-14)12-5-6-12/h2-4,7-10,12H,5-6,18H2,1H3. The molecule has 0 bridgehead atoms. The summed E-state index contributed by atoms with van der Waals surface area (Å²) in [7, 11) is 0. The maximum Gasteiger partial charge on any atom is 0.139 e. The van der Waals surface area contributed by atoms with Crippen LogP contribution in [-0.4, -0.2) is 9.38 Å². The van der Waals surface area contributed by atoms with Crippen molar-refractivity contribution in [3.63, 3.8) is 0 Å². The van der Waals surface area contributed by atoms with Crippen molar-refractivity contribution < 1.29 is 0 Å². The van der Waals surface area contributed by atoms with Gasteiger partial charge in [0.15, 0.2) is 0 Å². The predicted octanol–water partition coefficient (Wildman–Crippen LogP) is 3.77. The van der Waals surface area contributed by atoms with Gasteiger partial charge in [-0.3, -0.25) is 4.40 Å². The van der Waals surface area contributed by atoms with E-state index in [2.05, 4.69) is 43.3 Å². The van der Waals surface area contributed by atoms with Gasteiger partial charge in [0.25, 0.3) is 0 Å². The highest BCUT2D eigenvalue weighted by atomic mass is 15.1. The lowest BCUT2D eigenvalue weighted by Crippen LogP contribution is -1.94. The number of hydrogen-bond donors (Lipinski definition) is 1. The van der Waals surface area contributed by atoms with E-state index in [4.69, 9.17) is 10.7 Å². The third-order valence-electron chi connectivity index (χ3n) is 4.03. The van der Waals surface area contributed by atoms with Gasteiger partial charge in [0.1, 0.15) is 17.2 Å².